The fraction of sp³-hybridized carbons (Fsp3) is 0.182. The Kier molecular flexibility index (Phi) is 11.0. The summed E-state index contributed by atoms with van der Waals surface area (Å²) >= 11 is 5.50. The Morgan fingerprint density at radius 3 is 2.00 bits per heavy atom. The molecule has 25 heavy (non-hydrogen) atoms. The summed E-state index contributed by atoms with van der Waals surface area (Å²) in [5.41, 5.74) is 2.63. The second-order valence-corrected chi connectivity index (χ2v) is 5.92. The van der Waals surface area contributed by atoms with E-state index in [0.717, 1.165) is 18.6 Å². The molecule has 0 aromatic heterocycles. The van der Waals surface area contributed by atoms with Crippen molar-refractivity contribution < 1.29 is 25.8 Å². The Bertz CT molecular complexity index is 674. The van der Waals surface area contributed by atoms with Gasteiger partial charge < -0.3 is 17.4 Å². The van der Waals surface area contributed by atoms with E-state index in [9.17, 15) is 0 Å². The third kappa shape index (κ3) is 8.42. The first-order valence-electron chi connectivity index (χ1n) is 8.05. The summed E-state index contributed by atoms with van der Waals surface area (Å²) in [5.74, 6) is 0.785. The fourth-order valence-corrected chi connectivity index (χ4v) is 2.56. The molecule has 0 fully saturated rings. The average Bonchev–Trinajstić information content (AvgIpc) is 2.69. The van der Waals surface area contributed by atoms with Gasteiger partial charge in [0.25, 0.3) is 0 Å². The van der Waals surface area contributed by atoms with Crippen LogP contribution in [0.15, 0.2) is 84.9 Å². The molecule has 1 atom stereocenters. The van der Waals surface area contributed by atoms with Crippen molar-refractivity contribution in [3.05, 3.63) is 102 Å². The number of benzene rings is 3. The number of para-hydroxylation sites is 1. The van der Waals surface area contributed by atoms with Crippen molar-refractivity contribution in [2.24, 2.45) is 0 Å². The topological polar surface area (TPSA) is 9.23 Å². The van der Waals surface area contributed by atoms with Gasteiger partial charge in [-0.05, 0) is 18.1 Å². The van der Waals surface area contributed by atoms with Crippen LogP contribution >= 0.6 is 0 Å². The second-order valence-electron chi connectivity index (χ2n) is 5.35. The SMILES string of the molecule is COc1[c]cccc1.[Pt].[S-]C(CCc1ccccc1)c1ccccc1. The molecule has 0 amide bonds. The van der Waals surface area contributed by atoms with E-state index in [4.69, 9.17) is 17.4 Å². The maximum absolute atomic E-state index is 5.50. The smallest absolute Gasteiger partial charge is 0.126 e. The standard InChI is InChI=1S/C15H16S.C7H7O.Pt/c16-15(14-9-5-2-6-10-14)12-11-13-7-3-1-4-8-13;1-8-7-5-3-2-4-6-7;/h1-10,15-16H,11-12H2;2-5H,1H3;/p-1. The summed E-state index contributed by atoms with van der Waals surface area (Å²) in [5, 5.41) is 0.224. The molecule has 0 heterocycles. The molecule has 3 aromatic carbocycles. The Hall–Kier alpha value is -1.50. The first-order chi connectivity index (χ1) is 11.8. The van der Waals surface area contributed by atoms with E-state index in [1.54, 1.807) is 7.11 Å². The van der Waals surface area contributed by atoms with E-state index >= 15 is 0 Å². The molecule has 133 valence electrons. The molecule has 3 rings (SSSR count). The molecular weight excluding hydrogens is 507 g/mol. The van der Waals surface area contributed by atoms with Gasteiger partial charge in [0.15, 0.2) is 0 Å². The first-order valence-corrected chi connectivity index (χ1v) is 8.52. The number of hydrogen-bond acceptors (Lipinski definition) is 2. The Balaban J connectivity index is 0.000000295. The quantitative estimate of drug-likeness (QED) is 0.410. The molecule has 1 radical (unpaired) electrons. The molecule has 0 bridgehead atoms. The fourth-order valence-electron chi connectivity index (χ4n) is 2.28. The predicted octanol–water partition coefficient (Wildman–Crippen LogP) is 5.40. The zero-order valence-electron chi connectivity index (χ0n) is 14.2. The van der Waals surface area contributed by atoms with Crippen LogP contribution in [-0.2, 0) is 40.1 Å². The minimum atomic E-state index is 0. The van der Waals surface area contributed by atoms with Crippen molar-refractivity contribution in [3.8, 4) is 5.75 Å². The zero-order chi connectivity index (χ0) is 17.0. The van der Waals surface area contributed by atoms with E-state index in [0.29, 0.717) is 0 Å². The van der Waals surface area contributed by atoms with Gasteiger partial charge in [-0.3, -0.25) is 0 Å². The minimum absolute atomic E-state index is 0. The molecule has 0 N–H and O–H groups in total. The molecule has 0 saturated heterocycles. The van der Waals surface area contributed by atoms with Crippen molar-refractivity contribution in [2.45, 2.75) is 18.1 Å². The van der Waals surface area contributed by atoms with E-state index in [-0.39, 0.29) is 26.3 Å². The van der Waals surface area contributed by atoms with Crippen LogP contribution in [0.2, 0.25) is 0 Å². The Labute approximate surface area is 171 Å². The summed E-state index contributed by atoms with van der Waals surface area (Å²) in [6.07, 6.45) is 2.09. The van der Waals surface area contributed by atoms with Gasteiger partial charge in [-0.25, -0.2) is 0 Å². The zero-order valence-corrected chi connectivity index (χ0v) is 17.3. The van der Waals surface area contributed by atoms with E-state index in [2.05, 4.69) is 54.6 Å². The van der Waals surface area contributed by atoms with Gasteiger partial charge in [-0.2, -0.15) is 0 Å². The largest absolute Gasteiger partial charge is 0.785 e. The predicted molar refractivity (Wildman–Crippen MR) is 103 cm³/mol. The number of ether oxygens (including phenoxy) is 1. The minimum Gasteiger partial charge on any atom is -0.785 e. The van der Waals surface area contributed by atoms with Gasteiger partial charge in [0, 0.05) is 27.1 Å². The normalized spacial score (nSPS) is 10.6. The summed E-state index contributed by atoms with van der Waals surface area (Å²) in [6, 6.07) is 31.3. The summed E-state index contributed by atoms with van der Waals surface area (Å²) in [6.45, 7) is 0. The van der Waals surface area contributed by atoms with Crippen LogP contribution in [0.1, 0.15) is 22.8 Å². The van der Waals surface area contributed by atoms with Gasteiger partial charge in [-0.15, -0.1) is 5.25 Å². The second kappa shape index (κ2) is 12.8. The Morgan fingerprint density at radius 1 is 0.880 bits per heavy atom. The molecule has 1 nitrogen and oxygen atoms in total. The van der Waals surface area contributed by atoms with Crippen molar-refractivity contribution in [1.82, 2.24) is 0 Å². The van der Waals surface area contributed by atoms with Crippen molar-refractivity contribution >= 4 is 12.6 Å². The third-order valence-electron chi connectivity index (χ3n) is 3.61. The third-order valence-corrected chi connectivity index (χ3v) is 4.12. The molecule has 0 aliphatic rings. The van der Waals surface area contributed by atoms with Gasteiger partial charge in [0.1, 0.15) is 5.75 Å². The number of aryl methyl sites for hydroxylation is 1. The summed E-state index contributed by atoms with van der Waals surface area (Å²) in [7, 11) is 1.63. The number of hydrogen-bond donors (Lipinski definition) is 0. The van der Waals surface area contributed by atoms with Crippen LogP contribution in [0.3, 0.4) is 0 Å². The molecule has 0 aliphatic heterocycles. The van der Waals surface area contributed by atoms with Crippen LogP contribution in [-0.4, -0.2) is 7.11 Å². The molecule has 0 spiro atoms. The monoisotopic (exact) mass is 529 g/mol. The van der Waals surface area contributed by atoms with Gasteiger partial charge in [0.05, 0.1) is 7.11 Å². The molecule has 3 aromatic rings. The van der Waals surface area contributed by atoms with Crippen molar-refractivity contribution in [2.75, 3.05) is 7.11 Å². The number of rotatable bonds is 5. The summed E-state index contributed by atoms with van der Waals surface area (Å²) < 4.78 is 4.86. The maximum Gasteiger partial charge on any atom is 0.126 e. The van der Waals surface area contributed by atoms with Gasteiger partial charge >= 0.3 is 0 Å². The number of methoxy groups -OCH3 is 1. The van der Waals surface area contributed by atoms with E-state index in [1.807, 2.05) is 36.4 Å². The molecule has 1 unspecified atom stereocenters. The van der Waals surface area contributed by atoms with Gasteiger partial charge in [-0.1, -0.05) is 90.8 Å². The molecular formula is C22H22OPtS-. The molecule has 3 heteroatoms. The van der Waals surface area contributed by atoms with Crippen LogP contribution in [0.4, 0.5) is 0 Å². The van der Waals surface area contributed by atoms with Crippen LogP contribution in [0.5, 0.6) is 5.75 Å². The van der Waals surface area contributed by atoms with Gasteiger partial charge in [0.2, 0.25) is 0 Å². The van der Waals surface area contributed by atoms with E-state index < -0.39 is 0 Å². The average molecular weight is 530 g/mol. The van der Waals surface area contributed by atoms with Crippen LogP contribution in [0, 0.1) is 6.07 Å². The molecule has 0 aliphatic carbocycles. The van der Waals surface area contributed by atoms with Crippen molar-refractivity contribution in [3.63, 3.8) is 0 Å². The first kappa shape index (κ1) is 21.5. The molecule has 0 saturated carbocycles. The van der Waals surface area contributed by atoms with E-state index in [1.165, 1.54) is 11.1 Å². The van der Waals surface area contributed by atoms with Crippen molar-refractivity contribution in [1.29, 1.82) is 0 Å². The summed E-state index contributed by atoms with van der Waals surface area (Å²) in [4.78, 5) is 0. The van der Waals surface area contributed by atoms with Crippen LogP contribution < -0.4 is 4.74 Å². The maximum atomic E-state index is 5.50. The van der Waals surface area contributed by atoms with Crippen LogP contribution in [0.25, 0.3) is 0 Å². The Morgan fingerprint density at radius 2 is 1.48 bits per heavy atom.